The van der Waals surface area contributed by atoms with Gasteiger partial charge in [-0.3, -0.25) is 10.5 Å². The first kappa shape index (κ1) is 9.47. The minimum atomic E-state index is 0.502. The summed E-state index contributed by atoms with van der Waals surface area (Å²) in [6.07, 6.45) is 0. The minimum Gasteiger partial charge on any atom is -0.378 e. The van der Waals surface area contributed by atoms with Gasteiger partial charge in [-0.15, -0.1) is 0 Å². The predicted molar refractivity (Wildman–Crippen MR) is 61.8 cm³/mol. The molecule has 16 heavy (non-hydrogen) atoms. The fraction of sp³-hybridized carbons (Fsp3) is 0.364. The van der Waals surface area contributed by atoms with Gasteiger partial charge in [0.2, 0.25) is 5.96 Å². The van der Waals surface area contributed by atoms with Crippen LogP contribution in [0.2, 0.25) is 0 Å². The van der Waals surface area contributed by atoms with Gasteiger partial charge in [-0.05, 0) is 12.1 Å². The second-order valence-electron chi connectivity index (χ2n) is 3.89. The molecule has 5 nitrogen and oxygen atoms in total. The van der Waals surface area contributed by atoms with Crippen LogP contribution in [0.15, 0.2) is 24.3 Å². The molecule has 0 amide bonds. The zero-order valence-corrected chi connectivity index (χ0v) is 8.94. The Morgan fingerprint density at radius 1 is 1.25 bits per heavy atom. The molecule has 0 radical (unpaired) electrons. The van der Waals surface area contributed by atoms with E-state index in [-0.39, 0.29) is 0 Å². The Hall–Kier alpha value is -1.75. The van der Waals surface area contributed by atoms with E-state index in [9.17, 15) is 0 Å². The van der Waals surface area contributed by atoms with Crippen LogP contribution in [0.25, 0.3) is 11.0 Å². The zero-order chi connectivity index (χ0) is 11.0. The summed E-state index contributed by atoms with van der Waals surface area (Å²) in [5.74, 6) is 0.502. The molecule has 1 aliphatic rings. The van der Waals surface area contributed by atoms with Gasteiger partial charge in [0.1, 0.15) is 0 Å². The van der Waals surface area contributed by atoms with Crippen LogP contribution in [0.4, 0.5) is 0 Å². The first-order valence-electron chi connectivity index (χ1n) is 5.43. The molecular formula is C11H14N4O. The standard InChI is InChI=1S/C11H14N4O/c12-11(14-5-7-16-8-6-14)15-10-4-2-1-3-9(10)13-15/h1-4,12-13H,5-8H2. The van der Waals surface area contributed by atoms with Crippen molar-refractivity contribution >= 4 is 17.0 Å². The van der Waals surface area contributed by atoms with E-state index in [4.69, 9.17) is 10.1 Å². The van der Waals surface area contributed by atoms with Crippen molar-refractivity contribution < 1.29 is 4.74 Å². The van der Waals surface area contributed by atoms with Crippen molar-refractivity contribution in [2.75, 3.05) is 26.3 Å². The summed E-state index contributed by atoms with van der Waals surface area (Å²) in [6, 6.07) is 8.00. The molecule has 0 aliphatic carbocycles. The van der Waals surface area contributed by atoms with E-state index in [1.807, 2.05) is 29.2 Å². The van der Waals surface area contributed by atoms with Crippen LogP contribution in [-0.4, -0.2) is 46.9 Å². The van der Waals surface area contributed by atoms with Crippen molar-refractivity contribution in [1.82, 2.24) is 14.7 Å². The van der Waals surface area contributed by atoms with Gasteiger partial charge in [-0.1, -0.05) is 12.1 Å². The molecule has 0 atom stereocenters. The number of para-hydroxylation sites is 2. The second kappa shape index (κ2) is 3.68. The topological polar surface area (TPSA) is 57.0 Å². The molecule has 0 saturated carbocycles. The van der Waals surface area contributed by atoms with Crippen LogP contribution in [0, 0.1) is 5.41 Å². The molecule has 2 heterocycles. The van der Waals surface area contributed by atoms with E-state index < -0.39 is 0 Å². The van der Waals surface area contributed by atoms with Crippen LogP contribution in [0.1, 0.15) is 0 Å². The molecule has 2 aromatic rings. The molecular weight excluding hydrogens is 204 g/mol. The average molecular weight is 218 g/mol. The predicted octanol–water partition coefficient (Wildman–Crippen LogP) is 1.08. The maximum atomic E-state index is 8.10. The number of morpholine rings is 1. The van der Waals surface area contributed by atoms with Gasteiger partial charge in [0.05, 0.1) is 24.2 Å². The maximum Gasteiger partial charge on any atom is 0.217 e. The van der Waals surface area contributed by atoms with Gasteiger partial charge >= 0.3 is 0 Å². The summed E-state index contributed by atoms with van der Waals surface area (Å²) in [5.41, 5.74) is 2.15. The van der Waals surface area contributed by atoms with Crippen LogP contribution in [0.3, 0.4) is 0 Å². The molecule has 1 aromatic carbocycles. The third-order valence-electron chi connectivity index (χ3n) is 2.90. The summed E-state index contributed by atoms with van der Waals surface area (Å²) in [4.78, 5) is 2.02. The summed E-state index contributed by atoms with van der Waals surface area (Å²) in [7, 11) is 0. The molecule has 1 aliphatic heterocycles. The summed E-state index contributed by atoms with van der Waals surface area (Å²) in [5, 5.41) is 11.3. The third kappa shape index (κ3) is 1.40. The molecule has 1 fully saturated rings. The van der Waals surface area contributed by atoms with Gasteiger partial charge in [0.25, 0.3) is 0 Å². The Bertz CT molecular complexity index is 507. The SMILES string of the molecule is N=C(N1CCOCC1)n1[nH]c2ccccc21. The molecule has 5 heteroatoms. The monoisotopic (exact) mass is 218 g/mol. The zero-order valence-electron chi connectivity index (χ0n) is 8.94. The van der Waals surface area contributed by atoms with Crippen molar-refractivity contribution in [2.45, 2.75) is 0 Å². The van der Waals surface area contributed by atoms with E-state index >= 15 is 0 Å². The Kier molecular flexibility index (Phi) is 2.18. The largest absolute Gasteiger partial charge is 0.378 e. The molecule has 1 aromatic heterocycles. The van der Waals surface area contributed by atoms with Gasteiger partial charge in [0.15, 0.2) is 0 Å². The Morgan fingerprint density at radius 2 is 2.00 bits per heavy atom. The van der Waals surface area contributed by atoms with Crippen molar-refractivity contribution in [3.8, 4) is 0 Å². The van der Waals surface area contributed by atoms with Crippen LogP contribution in [0.5, 0.6) is 0 Å². The number of aromatic nitrogens is 2. The number of nitrogens with zero attached hydrogens (tertiary/aromatic N) is 2. The summed E-state index contributed by atoms with van der Waals surface area (Å²) >= 11 is 0. The number of H-pyrrole nitrogens is 1. The highest BCUT2D eigenvalue weighted by Crippen LogP contribution is 2.14. The van der Waals surface area contributed by atoms with E-state index in [0.717, 1.165) is 24.1 Å². The normalized spacial score (nSPS) is 16.9. The number of hydrogen-bond donors (Lipinski definition) is 2. The minimum absolute atomic E-state index is 0.502. The van der Waals surface area contributed by atoms with E-state index in [0.29, 0.717) is 19.2 Å². The molecule has 0 spiro atoms. The Labute approximate surface area is 93.1 Å². The van der Waals surface area contributed by atoms with Gasteiger partial charge in [0, 0.05) is 13.1 Å². The van der Waals surface area contributed by atoms with E-state index in [1.54, 1.807) is 4.68 Å². The Balaban J connectivity index is 1.85. The lowest BCUT2D eigenvalue weighted by molar-refractivity contribution is 0.0660. The Morgan fingerprint density at radius 3 is 2.75 bits per heavy atom. The first-order chi connectivity index (χ1) is 7.86. The molecule has 1 saturated heterocycles. The van der Waals surface area contributed by atoms with Crippen molar-refractivity contribution in [3.63, 3.8) is 0 Å². The number of rotatable bonds is 0. The lowest BCUT2D eigenvalue weighted by Crippen LogP contribution is -2.44. The van der Waals surface area contributed by atoms with Gasteiger partial charge < -0.3 is 9.64 Å². The van der Waals surface area contributed by atoms with Gasteiger partial charge in [-0.2, -0.15) is 0 Å². The number of benzene rings is 1. The second-order valence-corrected chi connectivity index (χ2v) is 3.89. The number of ether oxygens (including phenoxy) is 1. The number of fused-ring (bicyclic) bond motifs is 1. The average Bonchev–Trinajstić information content (AvgIpc) is 2.32. The lowest BCUT2D eigenvalue weighted by Gasteiger charge is -2.31. The van der Waals surface area contributed by atoms with Gasteiger partial charge in [-0.25, -0.2) is 4.68 Å². The third-order valence-corrected chi connectivity index (χ3v) is 2.90. The van der Waals surface area contributed by atoms with Crippen molar-refractivity contribution in [3.05, 3.63) is 24.3 Å². The highest BCUT2D eigenvalue weighted by atomic mass is 16.5. The molecule has 84 valence electrons. The smallest absolute Gasteiger partial charge is 0.217 e. The first-order valence-corrected chi connectivity index (χ1v) is 5.43. The van der Waals surface area contributed by atoms with E-state index in [2.05, 4.69) is 5.10 Å². The fourth-order valence-corrected chi connectivity index (χ4v) is 1.97. The van der Waals surface area contributed by atoms with Crippen LogP contribution < -0.4 is 0 Å². The van der Waals surface area contributed by atoms with Crippen LogP contribution >= 0.6 is 0 Å². The molecule has 0 unspecified atom stereocenters. The van der Waals surface area contributed by atoms with Crippen molar-refractivity contribution in [1.29, 1.82) is 5.41 Å². The molecule has 3 rings (SSSR count). The number of aromatic amines is 1. The summed E-state index contributed by atoms with van der Waals surface area (Å²) in [6.45, 7) is 2.99. The molecule has 2 N–H and O–H groups in total. The number of nitrogens with one attached hydrogen (secondary N) is 2. The molecule has 0 bridgehead atoms. The quantitative estimate of drug-likeness (QED) is 0.513. The summed E-state index contributed by atoms with van der Waals surface area (Å²) < 4.78 is 7.08. The fourth-order valence-electron chi connectivity index (χ4n) is 1.97. The highest BCUT2D eigenvalue weighted by Gasteiger charge is 2.18. The maximum absolute atomic E-state index is 8.10. The van der Waals surface area contributed by atoms with Crippen molar-refractivity contribution in [2.24, 2.45) is 0 Å². The highest BCUT2D eigenvalue weighted by molar-refractivity contribution is 5.91. The number of hydrogen-bond acceptors (Lipinski definition) is 2. The van der Waals surface area contributed by atoms with E-state index in [1.165, 1.54) is 0 Å². The van der Waals surface area contributed by atoms with Crippen LogP contribution in [-0.2, 0) is 4.74 Å². The lowest BCUT2D eigenvalue weighted by atomic mass is 10.3.